The van der Waals surface area contributed by atoms with Crippen molar-refractivity contribution in [2.75, 3.05) is 11.1 Å². The summed E-state index contributed by atoms with van der Waals surface area (Å²) in [7, 11) is 0. The SMILES string of the molecule is Clc1ccc(Br)cc1NC1CSc2ccccc21. The van der Waals surface area contributed by atoms with Crippen molar-refractivity contribution in [3.05, 3.63) is 57.5 Å². The minimum atomic E-state index is 0.331. The fourth-order valence-corrected chi connectivity index (χ4v) is 3.77. The molecule has 0 aliphatic carbocycles. The van der Waals surface area contributed by atoms with Crippen molar-refractivity contribution in [2.45, 2.75) is 10.9 Å². The van der Waals surface area contributed by atoms with Crippen molar-refractivity contribution < 1.29 is 0 Å². The normalized spacial score (nSPS) is 17.6. The van der Waals surface area contributed by atoms with Crippen molar-refractivity contribution in [3.63, 3.8) is 0 Å². The second-order valence-electron chi connectivity index (χ2n) is 4.17. The van der Waals surface area contributed by atoms with E-state index in [1.165, 1.54) is 10.5 Å². The molecule has 2 aromatic carbocycles. The molecule has 1 heterocycles. The van der Waals surface area contributed by atoms with E-state index in [1.54, 1.807) is 0 Å². The number of halogens is 2. The summed E-state index contributed by atoms with van der Waals surface area (Å²) < 4.78 is 1.04. The Bertz CT molecular complexity index is 588. The van der Waals surface area contributed by atoms with Gasteiger partial charge in [-0.25, -0.2) is 0 Å². The van der Waals surface area contributed by atoms with Gasteiger partial charge in [-0.2, -0.15) is 0 Å². The summed E-state index contributed by atoms with van der Waals surface area (Å²) in [5.41, 5.74) is 2.34. The lowest BCUT2D eigenvalue weighted by Gasteiger charge is -2.16. The molecule has 0 saturated heterocycles. The number of thioether (sulfide) groups is 1. The quantitative estimate of drug-likeness (QED) is 0.789. The third-order valence-corrected chi connectivity index (χ3v) is 4.96. The average molecular weight is 341 g/mol. The Morgan fingerprint density at radius 1 is 1.22 bits per heavy atom. The van der Waals surface area contributed by atoms with Gasteiger partial charge in [0.15, 0.2) is 0 Å². The maximum absolute atomic E-state index is 6.21. The van der Waals surface area contributed by atoms with Gasteiger partial charge in [-0.3, -0.25) is 0 Å². The highest BCUT2D eigenvalue weighted by molar-refractivity contribution is 9.10. The number of hydrogen-bond acceptors (Lipinski definition) is 2. The van der Waals surface area contributed by atoms with Crippen molar-refractivity contribution in [3.8, 4) is 0 Å². The second-order valence-corrected chi connectivity index (χ2v) is 6.55. The topological polar surface area (TPSA) is 12.0 Å². The fourth-order valence-electron chi connectivity index (χ4n) is 2.08. The molecule has 2 aromatic rings. The Morgan fingerprint density at radius 2 is 2.06 bits per heavy atom. The van der Waals surface area contributed by atoms with Crippen LogP contribution in [0.4, 0.5) is 5.69 Å². The Kier molecular flexibility index (Phi) is 3.55. The minimum absolute atomic E-state index is 0.331. The predicted molar refractivity (Wildman–Crippen MR) is 82.7 cm³/mol. The summed E-state index contributed by atoms with van der Waals surface area (Å²) in [4.78, 5) is 1.36. The molecule has 1 nitrogen and oxygen atoms in total. The van der Waals surface area contributed by atoms with Gasteiger partial charge < -0.3 is 5.32 Å². The highest BCUT2D eigenvalue weighted by atomic mass is 79.9. The first-order valence-electron chi connectivity index (χ1n) is 5.67. The summed E-state index contributed by atoms with van der Waals surface area (Å²) in [5, 5.41) is 4.28. The van der Waals surface area contributed by atoms with Gasteiger partial charge in [-0.05, 0) is 29.8 Å². The van der Waals surface area contributed by atoms with E-state index in [1.807, 2.05) is 30.0 Å². The largest absolute Gasteiger partial charge is 0.376 e. The molecule has 0 saturated carbocycles. The number of nitrogens with one attached hydrogen (secondary N) is 1. The van der Waals surface area contributed by atoms with Crippen LogP contribution in [0.2, 0.25) is 5.02 Å². The van der Waals surface area contributed by atoms with Crippen LogP contribution in [0, 0.1) is 0 Å². The predicted octanol–water partition coefficient (Wildman–Crippen LogP) is 5.36. The number of hydrogen-bond donors (Lipinski definition) is 1. The summed E-state index contributed by atoms with van der Waals surface area (Å²) in [6, 6.07) is 14.7. The lowest BCUT2D eigenvalue weighted by Crippen LogP contribution is -2.09. The third-order valence-electron chi connectivity index (χ3n) is 2.96. The molecule has 4 heteroatoms. The van der Waals surface area contributed by atoms with E-state index in [0.29, 0.717) is 6.04 Å². The number of fused-ring (bicyclic) bond motifs is 1. The first-order valence-corrected chi connectivity index (χ1v) is 7.83. The highest BCUT2D eigenvalue weighted by Gasteiger charge is 2.22. The van der Waals surface area contributed by atoms with Crippen LogP contribution in [0.3, 0.4) is 0 Å². The molecule has 0 fully saturated rings. The van der Waals surface area contributed by atoms with Crippen LogP contribution >= 0.6 is 39.3 Å². The Morgan fingerprint density at radius 3 is 2.94 bits per heavy atom. The first kappa shape index (κ1) is 12.4. The molecule has 18 heavy (non-hydrogen) atoms. The summed E-state index contributed by atoms with van der Waals surface area (Å²) in [6.07, 6.45) is 0. The Hall–Kier alpha value is -0.640. The van der Waals surface area contributed by atoms with Gasteiger partial charge in [0, 0.05) is 15.1 Å². The lowest BCUT2D eigenvalue weighted by molar-refractivity contribution is 0.900. The molecule has 3 rings (SSSR count). The zero-order chi connectivity index (χ0) is 12.5. The van der Waals surface area contributed by atoms with Gasteiger partial charge in [-0.15, -0.1) is 11.8 Å². The van der Waals surface area contributed by atoms with Crippen LogP contribution < -0.4 is 5.32 Å². The highest BCUT2D eigenvalue weighted by Crippen LogP contribution is 2.40. The molecule has 0 aromatic heterocycles. The molecule has 1 N–H and O–H groups in total. The molecule has 1 unspecified atom stereocenters. The van der Waals surface area contributed by atoms with Crippen molar-refractivity contribution in [2.24, 2.45) is 0 Å². The van der Waals surface area contributed by atoms with Crippen molar-refractivity contribution >= 4 is 45.0 Å². The maximum atomic E-state index is 6.21. The first-order chi connectivity index (χ1) is 8.74. The minimum Gasteiger partial charge on any atom is -0.376 e. The lowest BCUT2D eigenvalue weighted by atomic mass is 10.1. The van der Waals surface area contributed by atoms with Crippen molar-refractivity contribution in [1.82, 2.24) is 0 Å². The monoisotopic (exact) mass is 339 g/mol. The van der Waals surface area contributed by atoms with E-state index in [-0.39, 0.29) is 0 Å². The van der Waals surface area contributed by atoms with Crippen LogP contribution in [0.1, 0.15) is 11.6 Å². The number of rotatable bonds is 2. The third kappa shape index (κ3) is 2.40. The van der Waals surface area contributed by atoms with Crippen LogP contribution in [0.25, 0.3) is 0 Å². The van der Waals surface area contributed by atoms with Gasteiger partial charge in [0.1, 0.15) is 0 Å². The number of anilines is 1. The van der Waals surface area contributed by atoms with Crippen LogP contribution in [0.15, 0.2) is 51.8 Å². The maximum Gasteiger partial charge on any atom is 0.0638 e. The molecule has 0 spiro atoms. The zero-order valence-corrected chi connectivity index (χ0v) is 12.6. The molecule has 1 aliphatic heterocycles. The van der Waals surface area contributed by atoms with Gasteiger partial charge >= 0.3 is 0 Å². The summed E-state index contributed by atoms with van der Waals surface area (Å²) in [5.74, 6) is 1.04. The molecule has 0 amide bonds. The number of benzene rings is 2. The molecule has 1 atom stereocenters. The van der Waals surface area contributed by atoms with Crippen LogP contribution in [-0.4, -0.2) is 5.75 Å². The standard InChI is InChI=1S/C14H11BrClNS/c15-9-5-6-11(16)12(7-9)17-13-8-18-14-4-2-1-3-10(13)14/h1-7,13,17H,8H2. The fraction of sp³-hybridized carbons (Fsp3) is 0.143. The van der Waals surface area contributed by atoms with Crippen LogP contribution in [0.5, 0.6) is 0 Å². The van der Waals surface area contributed by atoms with E-state index in [9.17, 15) is 0 Å². The Labute approximate surface area is 124 Å². The van der Waals surface area contributed by atoms with Crippen LogP contribution in [-0.2, 0) is 0 Å². The van der Waals surface area contributed by atoms with E-state index >= 15 is 0 Å². The van der Waals surface area contributed by atoms with E-state index in [0.717, 1.165) is 20.9 Å². The molecule has 1 aliphatic rings. The molecular formula is C14H11BrClNS. The van der Waals surface area contributed by atoms with E-state index in [4.69, 9.17) is 11.6 Å². The average Bonchev–Trinajstić information content (AvgIpc) is 2.78. The van der Waals surface area contributed by atoms with Gasteiger partial charge in [-0.1, -0.05) is 45.7 Å². The van der Waals surface area contributed by atoms with Gasteiger partial charge in [0.2, 0.25) is 0 Å². The summed E-state index contributed by atoms with van der Waals surface area (Å²) >= 11 is 11.6. The zero-order valence-electron chi connectivity index (χ0n) is 9.49. The van der Waals surface area contributed by atoms with E-state index in [2.05, 4.69) is 45.5 Å². The van der Waals surface area contributed by atoms with E-state index < -0.39 is 0 Å². The van der Waals surface area contributed by atoms with Gasteiger partial charge in [0.05, 0.1) is 16.8 Å². The second kappa shape index (κ2) is 5.16. The van der Waals surface area contributed by atoms with Gasteiger partial charge in [0.25, 0.3) is 0 Å². The molecular weight excluding hydrogens is 330 g/mol. The van der Waals surface area contributed by atoms with Crippen molar-refractivity contribution in [1.29, 1.82) is 0 Å². The molecule has 92 valence electrons. The Balaban J connectivity index is 1.88. The molecule has 0 radical (unpaired) electrons. The summed E-state index contributed by atoms with van der Waals surface area (Å²) in [6.45, 7) is 0. The molecule has 0 bridgehead atoms. The smallest absolute Gasteiger partial charge is 0.0638 e.